The molecule has 1 fully saturated rings. The van der Waals surface area contributed by atoms with Crippen LogP contribution in [0.1, 0.15) is 34.3 Å². The molecule has 3 unspecified atom stereocenters. The third-order valence-corrected chi connectivity index (χ3v) is 9.52. The summed E-state index contributed by atoms with van der Waals surface area (Å²) in [5.74, 6) is -1.32. The van der Waals surface area contributed by atoms with E-state index in [-0.39, 0.29) is 18.2 Å². The van der Waals surface area contributed by atoms with Gasteiger partial charge in [0.1, 0.15) is 28.2 Å². The van der Waals surface area contributed by atoms with Crippen LogP contribution < -0.4 is 10.1 Å². The number of likely N-dealkylation sites (tertiary alicyclic amines) is 1. The number of carbonyl (C=O) groups excluding carboxylic acids is 1. The quantitative estimate of drug-likeness (QED) is 0.215. The van der Waals surface area contributed by atoms with E-state index in [4.69, 9.17) is 4.74 Å². The van der Waals surface area contributed by atoms with E-state index in [0.29, 0.717) is 29.5 Å². The fourth-order valence-electron chi connectivity index (χ4n) is 5.23. The first-order chi connectivity index (χ1) is 21.0. The van der Waals surface area contributed by atoms with E-state index in [9.17, 15) is 23.1 Å². The maximum Gasteiger partial charge on any atom is 0.326 e. The van der Waals surface area contributed by atoms with Gasteiger partial charge in [-0.2, -0.15) is 24.4 Å². The number of para-hydroxylation sites is 1. The van der Waals surface area contributed by atoms with E-state index in [1.54, 1.807) is 12.3 Å². The highest BCUT2D eigenvalue weighted by atomic mass is 32.2. The van der Waals surface area contributed by atoms with Gasteiger partial charge in [-0.1, -0.05) is 48.5 Å². The summed E-state index contributed by atoms with van der Waals surface area (Å²) < 4.78 is 29.4. The minimum Gasteiger partial charge on any atom is -0.492 e. The molecule has 1 saturated heterocycles. The Hall–Kier alpha value is -2.99. The number of nitrogens with zero attached hydrogens (tertiary/aromatic N) is 1. The molecule has 1 heterocycles. The minimum absolute atomic E-state index is 0.213. The zero-order chi connectivity index (χ0) is 32.3. The summed E-state index contributed by atoms with van der Waals surface area (Å²) in [6.07, 6.45) is 5.68. The second-order valence-electron chi connectivity index (χ2n) is 10.8. The Morgan fingerprint density at radius 2 is 1.75 bits per heavy atom. The molecule has 1 aliphatic heterocycles. The molecular formula is C33H42N2O6S3. The van der Waals surface area contributed by atoms with Crippen LogP contribution in [0, 0.1) is 6.92 Å². The van der Waals surface area contributed by atoms with Crippen LogP contribution in [-0.4, -0.2) is 85.3 Å². The van der Waals surface area contributed by atoms with Gasteiger partial charge in [0, 0.05) is 36.2 Å². The molecule has 1 aliphatic rings. The van der Waals surface area contributed by atoms with Crippen LogP contribution >= 0.6 is 24.4 Å². The molecule has 8 nitrogen and oxygen atoms in total. The van der Waals surface area contributed by atoms with E-state index < -0.39 is 27.8 Å². The summed E-state index contributed by atoms with van der Waals surface area (Å²) in [4.78, 5) is 27.7. The molecule has 2 N–H and O–H groups in total. The largest absolute Gasteiger partial charge is 0.492 e. The molecule has 3 aromatic carbocycles. The molecule has 4 rings (SSSR count). The molecule has 0 saturated carbocycles. The Bertz CT molecular complexity index is 1500. The lowest BCUT2D eigenvalue weighted by Gasteiger charge is -2.25. The van der Waals surface area contributed by atoms with Crippen molar-refractivity contribution in [2.45, 2.75) is 43.6 Å². The van der Waals surface area contributed by atoms with Crippen LogP contribution in [0.3, 0.4) is 0 Å². The molecule has 0 aromatic heterocycles. The number of hydrogen-bond donors (Lipinski definition) is 3. The fraction of sp³-hybridized carbons (Fsp3) is 0.394. The zero-order valence-corrected chi connectivity index (χ0v) is 28.1. The van der Waals surface area contributed by atoms with Gasteiger partial charge in [0.05, 0.1) is 5.75 Å². The number of rotatable bonds is 13. The summed E-state index contributed by atoms with van der Waals surface area (Å²) in [6.45, 7) is 4.14. The number of nitrogens with one attached hydrogen (secondary N) is 1. The summed E-state index contributed by atoms with van der Waals surface area (Å²) in [5, 5.41) is 12.7. The number of hydrogen-bond acceptors (Lipinski definition) is 8. The van der Waals surface area contributed by atoms with Gasteiger partial charge in [-0.05, 0) is 78.8 Å². The van der Waals surface area contributed by atoms with Gasteiger partial charge in [-0.3, -0.25) is 9.69 Å². The maximum atomic E-state index is 13.4. The monoisotopic (exact) mass is 658 g/mol. The number of carboxylic acid groups (broad SMARTS) is 1. The molecule has 0 spiro atoms. The Labute approximate surface area is 270 Å². The maximum absolute atomic E-state index is 13.4. The van der Waals surface area contributed by atoms with Gasteiger partial charge in [0.25, 0.3) is 5.91 Å². The topological polar surface area (TPSA) is 113 Å². The van der Waals surface area contributed by atoms with Gasteiger partial charge < -0.3 is 15.2 Å². The highest BCUT2D eigenvalue weighted by Gasteiger charge is 2.32. The molecule has 44 heavy (non-hydrogen) atoms. The zero-order valence-electron chi connectivity index (χ0n) is 25.6. The van der Waals surface area contributed by atoms with Gasteiger partial charge >= 0.3 is 5.97 Å². The lowest BCUT2D eigenvalue weighted by Crippen LogP contribution is -2.42. The number of benzene rings is 3. The van der Waals surface area contributed by atoms with Crippen molar-refractivity contribution in [3.05, 3.63) is 89.5 Å². The van der Waals surface area contributed by atoms with Crippen molar-refractivity contribution in [3.63, 3.8) is 0 Å². The molecule has 11 heteroatoms. The first-order valence-electron chi connectivity index (χ1n) is 14.3. The standard InChI is InChI=1S/C32H38N2O6S2.CH4S/c1-22-9-7-8-12-27(22)29-17-23(13-14-28(29)31(35)33-30(32(36)37)15-16-42(3,38)39)19-34-20-26(41-2)18-24(34)21-40-25-10-5-4-6-11-25;1-2/h4-14,17,24,26,30H,15-16,18-21H2,1-3H3,(H,33,35)(H,36,37);2H,1H3. The van der Waals surface area contributed by atoms with Crippen LogP contribution in [-0.2, 0) is 21.2 Å². The molecule has 0 radical (unpaired) electrons. The number of thiol groups is 1. The Kier molecular flexibility index (Phi) is 13.6. The van der Waals surface area contributed by atoms with Crippen LogP contribution in [0.25, 0.3) is 11.1 Å². The van der Waals surface area contributed by atoms with E-state index in [1.807, 2.05) is 85.4 Å². The second kappa shape index (κ2) is 16.9. The van der Waals surface area contributed by atoms with Crippen LogP contribution in [0.5, 0.6) is 5.75 Å². The number of thioether (sulfide) groups is 1. The molecule has 1 amide bonds. The third kappa shape index (κ3) is 10.3. The predicted octanol–water partition coefficient (Wildman–Crippen LogP) is 5.21. The van der Waals surface area contributed by atoms with E-state index in [2.05, 4.69) is 29.1 Å². The Morgan fingerprint density at radius 3 is 2.39 bits per heavy atom. The third-order valence-electron chi connectivity index (χ3n) is 7.54. The van der Waals surface area contributed by atoms with Crippen LogP contribution in [0.4, 0.5) is 0 Å². The highest BCUT2D eigenvalue weighted by molar-refractivity contribution is 7.99. The van der Waals surface area contributed by atoms with Crippen molar-refractivity contribution in [3.8, 4) is 16.9 Å². The van der Waals surface area contributed by atoms with Crippen molar-refractivity contribution in [1.29, 1.82) is 0 Å². The van der Waals surface area contributed by atoms with Gasteiger partial charge in [0.15, 0.2) is 0 Å². The highest BCUT2D eigenvalue weighted by Crippen LogP contribution is 2.32. The van der Waals surface area contributed by atoms with Gasteiger partial charge in [0.2, 0.25) is 0 Å². The molecule has 238 valence electrons. The fourth-order valence-corrected chi connectivity index (χ4v) is 6.65. The number of sulfone groups is 1. The Morgan fingerprint density at radius 1 is 1.07 bits per heavy atom. The summed E-state index contributed by atoms with van der Waals surface area (Å²) in [5.41, 5.74) is 3.93. The molecule has 3 aromatic rings. The normalized spacial score (nSPS) is 17.3. The lowest BCUT2D eigenvalue weighted by atomic mass is 9.93. The first kappa shape index (κ1) is 35.5. The van der Waals surface area contributed by atoms with Gasteiger partial charge in [-0.25, -0.2) is 13.2 Å². The van der Waals surface area contributed by atoms with Crippen molar-refractivity contribution in [2.75, 3.05) is 37.7 Å². The second-order valence-corrected chi connectivity index (χ2v) is 14.2. The van der Waals surface area contributed by atoms with Crippen molar-refractivity contribution in [2.24, 2.45) is 0 Å². The number of ether oxygens (including phenoxy) is 1. The number of carbonyl (C=O) groups is 2. The van der Waals surface area contributed by atoms with E-state index >= 15 is 0 Å². The number of aliphatic carboxylic acids is 1. The molecule has 0 aliphatic carbocycles. The number of carboxylic acids is 1. The molecular weight excluding hydrogens is 617 g/mol. The van der Waals surface area contributed by atoms with E-state index in [1.165, 1.54) is 0 Å². The minimum atomic E-state index is -3.39. The van der Waals surface area contributed by atoms with E-state index in [0.717, 1.165) is 41.7 Å². The lowest BCUT2D eigenvalue weighted by molar-refractivity contribution is -0.139. The summed E-state index contributed by atoms with van der Waals surface area (Å²) in [6, 6.07) is 22.1. The van der Waals surface area contributed by atoms with Gasteiger partial charge in [-0.15, -0.1) is 0 Å². The van der Waals surface area contributed by atoms with Crippen LogP contribution in [0.15, 0.2) is 72.8 Å². The smallest absolute Gasteiger partial charge is 0.326 e. The van der Waals surface area contributed by atoms with Crippen molar-refractivity contribution in [1.82, 2.24) is 10.2 Å². The predicted molar refractivity (Wildman–Crippen MR) is 183 cm³/mol. The summed E-state index contributed by atoms with van der Waals surface area (Å²) in [7, 11) is -3.39. The first-order valence-corrected chi connectivity index (χ1v) is 18.6. The van der Waals surface area contributed by atoms with Crippen molar-refractivity contribution >= 4 is 46.1 Å². The average molecular weight is 659 g/mol. The van der Waals surface area contributed by atoms with Crippen LogP contribution in [0.2, 0.25) is 0 Å². The molecule has 0 bridgehead atoms. The summed E-state index contributed by atoms with van der Waals surface area (Å²) >= 11 is 5.39. The number of aryl methyl sites for hydroxylation is 1. The SMILES string of the molecule is CS.CSC1CC(COc2ccccc2)N(Cc2ccc(C(=O)NC(CCS(C)(=O)=O)C(=O)O)c(-c3ccccc3C)c2)C1. The average Bonchev–Trinajstić information content (AvgIpc) is 3.40. The number of amides is 1. The Balaban J connectivity index is 0.00000259. The molecule has 3 atom stereocenters. The van der Waals surface area contributed by atoms with Crippen molar-refractivity contribution < 1.29 is 27.9 Å².